The highest BCUT2D eigenvalue weighted by Crippen LogP contribution is 2.57. The first-order valence-electron chi connectivity index (χ1n) is 7.97. The number of ether oxygens (including phenoxy) is 2. The lowest BCUT2D eigenvalue weighted by Crippen LogP contribution is -2.43. The van der Waals surface area contributed by atoms with E-state index in [0.29, 0.717) is 24.4 Å². The fourth-order valence-corrected chi connectivity index (χ4v) is 4.90. The lowest BCUT2D eigenvalue weighted by molar-refractivity contribution is -0.147. The number of esters is 1. The molecule has 3 heteroatoms. The van der Waals surface area contributed by atoms with Crippen molar-refractivity contribution in [2.45, 2.75) is 38.5 Å². The molecule has 0 unspecified atom stereocenters. The first-order chi connectivity index (χ1) is 10.1. The van der Waals surface area contributed by atoms with E-state index in [1.807, 2.05) is 0 Å². The van der Waals surface area contributed by atoms with Crippen LogP contribution in [-0.2, 0) is 16.0 Å². The van der Waals surface area contributed by atoms with E-state index < -0.39 is 0 Å². The summed E-state index contributed by atoms with van der Waals surface area (Å²) in [5, 5.41) is 0. The molecule has 1 aliphatic heterocycles. The molecule has 0 spiro atoms. The van der Waals surface area contributed by atoms with Crippen LogP contribution in [0.2, 0.25) is 0 Å². The SMILES string of the molecule is COc1ccc2c(c1)CC[C@@H]1[C@@H]2CC[C@]2(C)C(=O)OC[C@@H]12. The topological polar surface area (TPSA) is 35.5 Å². The maximum absolute atomic E-state index is 12.1. The Balaban J connectivity index is 1.70. The summed E-state index contributed by atoms with van der Waals surface area (Å²) < 4.78 is 10.8. The van der Waals surface area contributed by atoms with Crippen molar-refractivity contribution in [1.29, 1.82) is 0 Å². The second-order valence-electron chi connectivity index (χ2n) is 7.03. The highest BCUT2D eigenvalue weighted by atomic mass is 16.5. The van der Waals surface area contributed by atoms with Crippen LogP contribution in [0.5, 0.6) is 5.75 Å². The Kier molecular flexibility index (Phi) is 2.82. The molecule has 0 N–H and O–H groups in total. The molecule has 0 bridgehead atoms. The molecule has 1 aromatic rings. The molecule has 1 aromatic carbocycles. The molecule has 0 radical (unpaired) electrons. The predicted octanol–water partition coefficient (Wildman–Crippen LogP) is 3.31. The molecule has 4 atom stereocenters. The number of benzene rings is 1. The quantitative estimate of drug-likeness (QED) is 0.743. The minimum atomic E-state index is -0.231. The monoisotopic (exact) mass is 286 g/mol. The van der Waals surface area contributed by atoms with Crippen molar-refractivity contribution < 1.29 is 14.3 Å². The predicted molar refractivity (Wildman–Crippen MR) is 79.3 cm³/mol. The number of methoxy groups -OCH3 is 1. The second kappa shape index (κ2) is 4.49. The summed E-state index contributed by atoms with van der Waals surface area (Å²) in [6.45, 7) is 2.74. The summed E-state index contributed by atoms with van der Waals surface area (Å²) in [5.41, 5.74) is 2.68. The van der Waals surface area contributed by atoms with Crippen LogP contribution >= 0.6 is 0 Å². The fourth-order valence-electron chi connectivity index (χ4n) is 4.90. The summed E-state index contributed by atoms with van der Waals surface area (Å²) in [6, 6.07) is 6.51. The Labute approximate surface area is 125 Å². The van der Waals surface area contributed by atoms with Gasteiger partial charge < -0.3 is 9.47 Å². The molecule has 1 heterocycles. The average Bonchev–Trinajstić information content (AvgIpc) is 2.82. The van der Waals surface area contributed by atoms with E-state index in [2.05, 4.69) is 25.1 Å². The van der Waals surface area contributed by atoms with E-state index >= 15 is 0 Å². The van der Waals surface area contributed by atoms with Gasteiger partial charge in [0.25, 0.3) is 0 Å². The Hall–Kier alpha value is -1.51. The summed E-state index contributed by atoms with van der Waals surface area (Å²) in [5.74, 6) is 2.57. The van der Waals surface area contributed by atoms with Gasteiger partial charge in [0.2, 0.25) is 0 Å². The number of cyclic esters (lactones) is 1. The van der Waals surface area contributed by atoms with Crippen molar-refractivity contribution in [3.8, 4) is 5.75 Å². The maximum Gasteiger partial charge on any atom is 0.312 e. The van der Waals surface area contributed by atoms with Crippen LogP contribution in [0.25, 0.3) is 0 Å². The highest BCUT2D eigenvalue weighted by Gasteiger charge is 2.56. The Bertz CT molecular complexity index is 594. The molecular formula is C18H22O3. The van der Waals surface area contributed by atoms with Gasteiger partial charge in [-0.1, -0.05) is 6.07 Å². The maximum atomic E-state index is 12.1. The largest absolute Gasteiger partial charge is 0.497 e. The van der Waals surface area contributed by atoms with Gasteiger partial charge in [-0.05, 0) is 67.7 Å². The number of carbonyl (C=O) groups excluding carboxylic acids is 1. The standard InChI is InChI=1S/C18H22O3/c1-18-8-7-14-13-6-4-12(20-2)9-11(13)3-5-15(14)16(18)10-21-17(18)19/h4,6,9,14-16H,3,5,7-8,10H2,1-2H3/t14-,15-,16+,18+/m1/s1. The molecule has 3 nitrogen and oxygen atoms in total. The van der Waals surface area contributed by atoms with Crippen LogP contribution in [0, 0.1) is 17.3 Å². The van der Waals surface area contributed by atoms with Crippen molar-refractivity contribution in [2.75, 3.05) is 13.7 Å². The van der Waals surface area contributed by atoms with E-state index in [-0.39, 0.29) is 11.4 Å². The molecule has 112 valence electrons. The summed E-state index contributed by atoms with van der Waals surface area (Å²) in [7, 11) is 1.72. The lowest BCUT2D eigenvalue weighted by Gasteiger charge is -2.46. The molecule has 2 aliphatic carbocycles. The number of carbonyl (C=O) groups is 1. The highest BCUT2D eigenvalue weighted by molar-refractivity contribution is 5.79. The summed E-state index contributed by atoms with van der Waals surface area (Å²) >= 11 is 0. The van der Waals surface area contributed by atoms with Gasteiger partial charge in [0, 0.05) is 5.92 Å². The number of rotatable bonds is 1. The first-order valence-corrected chi connectivity index (χ1v) is 7.97. The van der Waals surface area contributed by atoms with Crippen LogP contribution in [0.1, 0.15) is 43.2 Å². The molecule has 21 heavy (non-hydrogen) atoms. The average molecular weight is 286 g/mol. The normalized spacial score (nSPS) is 37.2. The van der Waals surface area contributed by atoms with Crippen LogP contribution in [-0.4, -0.2) is 19.7 Å². The van der Waals surface area contributed by atoms with Gasteiger partial charge in [0.05, 0.1) is 19.1 Å². The zero-order valence-electron chi connectivity index (χ0n) is 12.7. The van der Waals surface area contributed by atoms with Crippen molar-refractivity contribution in [3.63, 3.8) is 0 Å². The minimum absolute atomic E-state index is 0.0338. The van der Waals surface area contributed by atoms with Crippen LogP contribution in [0.4, 0.5) is 0 Å². The van der Waals surface area contributed by atoms with Gasteiger partial charge in [-0.2, -0.15) is 0 Å². The fraction of sp³-hybridized carbons (Fsp3) is 0.611. The van der Waals surface area contributed by atoms with Gasteiger partial charge >= 0.3 is 5.97 Å². The van der Waals surface area contributed by atoms with Crippen molar-refractivity contribution in [3.05, 3.63) is 29.3 Å². The molecule has 3 aliphatic rings. The van der Waals surface area contributed by atoms with Crippen LogP contribution in [0.15, 0.2) is 18.2 Å². The number of aryl methyl sites for hydroxylation is 1. The third kappa shape index (κ3) is 1.76. The second-order valence-corrected chi connectivity index (χ2v) is 7.03. The molecule has 1 saturated carbocycles. The van der Waals surface area contributed by atoms with Gasteiger partial charge in [-0.25, -0.2) is 0 Å². The Morgan fingerprint density at radius 3 is 3.00 bits per heavy atom. The van der Waals surface area contributed by atoms with E-state index in [1.54, 1.807) is 7.11 Å². The van der Waals surface area contributed by atoms with Crippen molar-refractivity contribution in [2.24, 2.45) is 17.3 Å². The van der Waals surface area contributed by atoms with Gasteiger partial charge in [-0.15, -0.1) is 0 Å². The van der Waals surface area contributed by atoms with E-state index in [1.165, 1.54) is 17.5 Å². The summed E-state index contributed by atoms with van der Waals surface area (Å²) in [4.78, 5) is 12.1. The smallest absolute Gasteiger partial charge is 0.312 e. The molecule has 2 fully saturated rings. The molecular weight excluding hydrogens is 264 g/mol. The molecule has 0 amide bonds. The van der Waals surface area contributed by atoms with Crippen molar-refractivity contribution >= 4 is 5.97 Å². The first kappa shape index (κ1) is 13.2. The van der Waals surface area contributed by atoms with Crippen LogP contribution in [0.3, 0.4) is 0 Å². The zero-order valence-corrected chi connectivity index (χ0v) is 12.7. The van der Waals surface area contributed by atoms with Gasteiger partial charge in [0.15, 0.2) is 0 Å². The lowest BCUT2D eigenvalue weighted by atomic mass is 9.55. The Morgan fingerprint density at radius 2 is 2.19 bits per heavy atom. The van der Waals surface area contributed by atoms with Crippen molar-refractivity contribution in [1.82, 2.24) is 0 Å². The van der Waals surface area contributed by atoms with E-state index in [9.17, 15) is 4.79 Å². The van der Waals surface area contributed by atoms with Gasteiger partial charge in [0.1, 0.15) is 5.75 Å². The number of hydrogen-bond donors (Lipinski definition) is 0. The number of fused-ring (bicyclic) bond motifs is 5. The minimum Gasteiger partial charge on any atom is -0.497 e. The summed E-state index contributed by atoms with van der Waals surface area (Å²) in [6.07, 6.45) is 4.32. The molecule has 0 aromatic heterocycles. The zero-order chi connectivity index (χ0) is 14.6. The third-order valence-electron chi connectivity index (χ3n) is 6.18. The van der Waals surface area contributed by atoms with E-state index in [0.717, 1.165) is 25.0 Å². The van der Waals surface area contributed by atoms with Crippen LogP contribution < -0.4 is 4.74 Å². The third-order valence-corrected chi connectivity index (χ3v) is 6.18. The molecule has 4 rings (SSSR count). The van der Waals surface area contributed by atoms with E-state index in [4.69, 9.17) is 9.47 Å². The Morgan fingerprint density at radius 1 is 1.33 bits per heavy atom. The number of hydrogen-bond acceptors (Lipinski definition) is 3. The van der Waals surface area contributed by atoms with Gasteiger partial charge in [-0.3, -0.25) is 4.79 Å². The molecule has 1 saturated heterocycles.